The molecule has 1 amide bonds. The first-order valence-corrected chi connectivity index (χ1v) is 9.90. The lowest BCUT2D eigenvalue weighted by Gasteiger charge is -2.24. The maximum atomic E-state index is 12.6. The molecule has 1 aliphatic heterocycles. The van der Waals surface area contributed by atoms with Gasteiger partial charge in [0.1, 0.15) is 5.75 Å². The molecule has 1 N–H and O–H groups in total. The number of hydrogen-bond acceptors (Lipinski definition) is 3. The van der Waals surface area contributed by atoms with Crippen molar-refractivity contribution in [3.05, 3.63) is 72.3 Å². The van der Waals surface area contributed by atoms with E-state index >= 15 is 0 Å². The summed E-state index contributed by atoms with van der Waals surface area (Å²) in [6.45, 7) is 1.81. The van der Waals surface area contributed by atoms with Crippen LogP contribution in [0.3, 0.4) is 0 Å². The van der Waals surface area contributed by atoms with E-state index in [1.807, 2.05) is 42.5 Å². The molecule has 1 heterocycles. The molecule has 0 radical (unpaired) electrons. The predicted octanol–water partition coefficient (Wildman–Crippen LogP) is 5.01. The maximum absolute atomic E-state index is 12.6. The fourth-order valence-electron chi connectivity index (χ4n) is 4.09. The molecule has 0 unspecified atom stereocenters. The van der Waals surface area contributed by atoms with E-state index in [0.717, 1.165) is 41.7 Å². The minimum atomic E-state index is 0.0664. The molecule has 4 heteroatoms. The lowest BCUT2D eigenvalue weighted by Crippen LogP contribution is -2.27. The summed E-state index contributed by atoms with van der Waals surface area (Å²) in [7, 11) is 1.69. The Morgan fingerprint density at radius 3 is 2.68 bits per heavy atom. The molecule has 28 heavy (non-hydrogen) atoms. The fourth-order valence-corrected chi connectivity index (χ4v) is 4.09. The highest BCUT2D eigenvalue weighted by atomic mass is 16.5. The van der Waals surface area contributed by atoms with E-state index in [0.29, 0.717) is 12.5 Å². The van der Waals surface area contributed by atoms with Crippen LogP contribution in [-0.4, -0.2) is 31.0 Å². The number of ether oxygens (including phenoxy) is 1. The van der Waals surface area contributed by atoms with Gasteiger partial charge in [-0.2, -0.15) is 0 Å². The van der Waals surface area contributed by atoms with Crippen LogP contribution < -0.4 is 10.1 Å². The molecule has 0 aliphatic carbocycles. The Balaban J connectivity index is 1.38. The number of anilines is 1. The van der Waals surface area contributed by atoms with Gasteiger partial charge >= 0.3 is 0 Å². The third-order valence-corrected chi connectivity index (χ3v) is 5.55. The summed E-state index contributed by atoms with van der Waals surface area (Å²) in [6.07, 6.45) is 2.80. The van der Waals surface area contributed by atoms with Crippen molar-refractivity contribution in [2.24, 2.45) is 0 Å². The van der Waals surface area contributed by atoms with Gasteiger partial charge in [0.15, 0.2) is 0 Å². The fraction of sp³-hybridized carbons (Fsp3) is 0.292. The van der Waals surface area contributed by atoms with Crippen molar-refractivity contribution in [2.75, 3.05) is 25.5 Å². The van der Waals surface area contributed by atoms with Gasteiger partial charge < -0.3 is 10.1 Å². The standard InChI is InChI=1S/C24H26N2O2/c1-28-20-13-11-19(12-14-20)23-10-5-16-26(23)17-15-24(27)25-22-9-4-7-18-6-2-3-8-21(18)22/h2-4,6-9,11-14,23H,5,10,15-17H2,1H3,(H,25,27)/t23-/m0/s1. The number of nitrogens with one attached hydrogen (secondary N) is 1. The van der Waals surface area contributed by atoms with Crippen molar-refractivity contribution in [3.8, 4) is 5.75 Å². The topological polar surface area (TPSA) is 41.6 Å². The molecule has 1 aliphatic rings. The summed E-state index contributed by atoms with van der Waals surface area (Å²) < 4.78 is 5.26. The van der Waals surface area contributed by atoms with Crippen molar-refractivity contribution < 1.29 is 9.53 Å². The largest absolute Gasteiger partial charge is 0.497 e. The molecule has 4 rings (SSSR count). The van der Waals surface area contributed by atoms with Crippen molar-refractivity contribution >= 4 is 22.4 Å². The summed E-state index contributed by atoms with van der Waals surface area (Å²) in [5.74, 6) is 0.944. The minimum Gasteiger partial charge on any atom is -0.497 e. The lowest BCUT2D eigenvalue weighted by atomic mass is 10.0. The van der Waals surface area contributed by atoms with E-state index in [-0.39, 0.29) is 5.91 Å². The van der Waals surface area contributed by atoms with Crippen LogP contribution in [0.2, 0.25) is 0 Å². The van der Waals surface area contributed by atoms with E-state index < -0.39 is 0 Å². The molecule has 3 aromatic rings. The van der Waals surface area contributed by atoms with Gasteiger partial charge in [-0.3, -0.25) is 9.69 Å². The second kappa shape index (κ2) is 8.44. The minimum absolute atomic E-state index is 0.0664. The number of carbonyl (C=O) groups is 1. The third kappa shape index (κ3) is 4.02. The molecule has 0 spiro atoms. The second-order valence-corrected chi connectivity index (χ2v) is 7.29. The quantitative estimate of drug-likeness (QED) is 0.659. The Labute approximate surface area is 166 Å². The van der Waals surface area contributed by atoms with Gasteiger partial charge in [0, 0.05) is 30.1 Å². The molecule has 0 bridgehead atoms. The number of carbonyl (C=O) groups excluding carboxylic acids is 1. The predicted molar refractivity (Wildman–Crippen MR) is 114 cm³/mol. The summed E-state index contributed by atoms with van der Waals surface area (Å²) in [4.78, 5) is 15.0. The molecular weight excluding hydrogens is 348 g/mol. The Kier molecular flexibility index (Phi) is 5.58. The number of benzene rings is 3. The van der Waals surface area contributed by atoms with Crippen molar-refractivity contribution in [1.82, 2.24) is 4.90 Å². The van der Waals surface area contributed by atoms with E-state index in [4.69, 9.17) is 4.74 Å². The number of hydrogen-bond donors (Lipinski definition) is 1. The second-order valence-electron chi connectivity index (χ2n) is 7.29. The molecule has 0 aromatic heterocycles. The highest BCUT2D eigenvalue weighted by molar-refractivity contribution is 6.02. The number of likely N-dealkylation sites (tertiary alicyclic amines) is 1. The van der Waals surface area contributed by atoms with Gasteiger partial charge in [-0.1, -0.05) is 48.5 Å². The monoisotopic (exact) mass is 374 g/mol. The van der Waals surface area contributed by atoms with Gasteiger partial charge in [-0.05, 0) is 48.5 Å². The van der Waals surface area contributed by atoms with Crippen LogP contribution in [0, 0.1) is 0 Å². The van der Waals surface area contributed by atoms with Crippen LogP contribution >= 0.6 is 0 Å². The number of amides is 1. The number of nitrogens with zero attached hydrogens (tertiary/aromatic N) is 1. The zero-order valence-corrected chi connectivity index (χ0v) is 16.2. The first-order valence-electron chi connectivity index (χ1n) is 9.90. The zero-order valence-electron chi connectivity index (χ0n) is 16.2. The highest BCUT2D eigenvalue weighted by Crippen LogP contribution is 2.32. The number of methoxy groups -OCH3 is 1. The summed E-state index contributed by atoms with van der Waals surface area (Å²) in [5.41, 5.74) is 2.18. The van der Waals surface area contributed by atoms with Crippen LogP contribution in [-0.2, 0) is 4.79 Å². The smallest absolute Gasteiger partial charge is 0.225 e. The Morgan fingerprint density at radius 1 is 1.07 bits per heavy atom. The van der Waals surface area contributed by atoms with Crippen molar-refractivity contribution in [1.29, 1.82) is 0 Å². The van der Waals surface area contributed by atoms with Crippen LogP contribution in [0.1, 0.15) is 30.9 Å². The first-order chi connectivity index (χ1) is 13.7. The molecule has 3 aromatic carbocycles. The Morgan fingerprint density at radius 2 is 1.86 bits per heavy atom. The van der Waals surface area contributed by atoms with Crippen LogP contribution in [0.5, 0.6) is 5.75 Å². The average Bonchev–Trinajstić information content (AvgIpc) is 3.21. The number of rotatable bonds is 6. The van der Waals surface area contributed by atoms with E-state index in [1.165, 1.54) is 12.0 Å². The normalized spacial score (nSPS) is 17.0. The summed E-state index contributed by atoms with van der Waals surface area (Å²) in [6, 6.07) is 22.8. The van der Waals surface area contributed by atoms with Crippen LogP contribution in [0.25, 0.3) is 10.8 Å². The van der Waals surface area contributed by atoms with Gasteiger partial charge in [-0.25, -0.2) is 0 Å². The van der Waals surface area contributed by atoms with Crippen LogP contribution in [0.15, 0.2) is 66.7 Å². The van der Waals surface area contributed by atoms with Crippen molar-refractivity contribution in [2.45, 2.75) is 25.3 Å². The Bertz CT molecular complexity index is 947. The van der Waals surface area contributed by atoms with Crippen LogP contribution in [0.4, 0.5) is 5.69 Å². The SMILES string of the molecule is COc1ccc([C@@H]2CCCN2CCC(=O)Nc2cccc3ccccc23)cc1. The molecule has 4 nitrogen and oxygen atoms in total. The molecule has 1 atom stereocenters. The average molecular weight is 374 g/mol. The maximum Gasteiger partial charge on any atom is 0.225 e. The molecule has 1 saturated heterocycles. The highest BCUT2D eigenvalue weighted by Gasteiger charge is 2.26. The lowest BCUT2D eigenvalue weighted by molar-refractivity contribution is -0.116. The van der Waals surface area contributed by atoms with Gasteiger partial charge in [0.2, 0.25) is 5.91 Å². The van der Waals surface area contributed by atoms with E-state index in [2.05, 4.69) is 34.5 Å². The van der Waals surface area contributed by atoms with Gasteiger partial charge in [0.05, 0.1) is 7.11 Å². The molecule has 144 valence electrons. The first kappa shape index (κ1) is 18.5. The zero-order chi connectivity index (χ0) is 19.3. The van der Waals surface area contributed by atoms with E-state index in [1.54, 1.807) is 7.11 Å². The third-order valence-electron chi connectivity index (χ3n) is 5.55. The van der Waals surface area contributed by atoms with Gasteiger partial charge in [-0.15, -0.1) is 0 Å². The molecule has 0 saturated carbocycles. The Hall–Kier alpha value is -2.85. The summed E-state index contributed by atoms with van der Waals surface area (Å²) >= 11 is 0. The number of fused-ring (bicyclic) bond motifs is 1. The van der Waals surface area contributed by atoms with E-state index in [9.17, 15) is 4.79 Å². The van der Waals surface area contributed by atoms with Crippen molar-refractivity contribution in [3.63, 3.8) is 0 Å². The molecule has 1 fully saturated rings. The molecular formula is C24H26N2O2. The summed E-state index contributed by atoms with van der Waals surface area (Å²) in [5, 5.41) is 5.31. The van der Waals surface area contributed by atoms with Gasteiger partial charge in [0.25, 0.3) is 0 Å².